The minimum Gasteiger partial charge on any atom is -0.458 e. The molecule has 0 saturated carbocycles. The van der Waals surface area contributed by atoms with E-state index in [1.807, 2.05) is 48.5 Å². The van der Waals surface area contributed by atoms with E-state index in [2.05, 4.69) is 30.3 Å². The van der Waals surface area contributed by atoms with Crippen LogP contribution < -0.4 is 0 Å². The Morgan fingerprint density at radius 1 is 0.917 bits per heavy atom. The Morgan fingerprint density at radius 3 is 2.54 bits per heavy atom. The molecule has 0 N–H and O–H groups in total. The number of carbonyl (C=O) groups is 1. The predicted molar refractivity (Wildman–Crippen MR) is 96.6 cm³/mol. The molecule has 0 amide bonds. The summed E-state index contributed by atoms with van der Waals surface area (Å²) in [6, 6.07) is 24.5. The van der Waals surface area contributed by atoms with Crippen LogP contribution in [0.1, 0.15) is 17.5 Å². The van der Waals surface area contributed by atoms with Crippen LogP contribution in [0.15, 0.2) is 78.4 Å². The monoisotopic (exact) mass is 314 g/mol. The molecule has 3 aromatic rings. The van der Waals surface area contributed by atoms with Crippen molar-refractivity contribution >= 4 is 22.8 Å². The first-order valence-electron chi connectivity index (χ1n) is 8.23. The van der Waals surface area contributed by atoms with E-state index in [9.17, 15) is 4.79 Å². The van der Waals surface area contributed by atoms with E-state index in [0.717, 1.165) is 22.9 Å². The minimum absolute atomic E-state index is 0.0684. The van der Waals surface area contributed by atoms with Crippen LogP contribution in [0.3, 0.4) is 0 Å². The summed E-state index contributed by atoms with van der Waals surface area (Å²) in [7, 11) is 0. The van der Waals surface area contributed by atoms with Gasteiger partial charge in [0.1, 0.15) is 6.10 Å². The lowest BCUT2D eigenvalue weighted by Crippen LogP contribution is -2.09. The van der Waals surface area contributed by atoms with Crippen molar-refractivity contribution < 1.29 is 9.53 Å². The average molecular weight is 314 g/mol. The van der Waals surface area contributed by atoms with Crippen LogP contribution in [0.25, 0.3) is 16.8 Å². The Hall–Kier alpha value is -2.87. The molecule has 1 saturated heterocycles. The molecule has 0 aliphatic carbocycles. The van der Waals surface area contributed by atoms with Gasteiger partial charge in [0.25, 0.3) is 0 Å². The molecule has 1 atom stereocenters. The number of ether oxygens (including phenoxy) is 1. The van der Waals surface area contributed by atoms with E-state index in [4.69, 9.17) is 4.74 Å². The fraction of sp³-hybridized carbons (Fsp3) is 0.136. The molecular formula is C22H18O2. The van der Waals surface area contributed by atoms with Crippen LogP contribution in [0.5, 0.6) is 0 Å². The molecule has 0 spiro atoms. The number of esters is 1. The van der Waals surface area contributed by atoms with Gasteiger partial charge in [-0.05, 0) is 28.0 Å². The molecule has 0 radical (unpaired) electrons. The van der Waals surface area contributed by atoms with Gasteiger partial charge in [0.15, 0.2) is 0 Å². The summed E-state index contributed by atoms with van der Waals surface area (Å²) in [5.74, 6) is -0.191. The second kappa shape index (κ2) is 6.32. The molecule has 0 aromatic heterocycles. The summed E-state index contributed by atoms with van der Waals surface area (Å²) in [6.07, 6.45) is 3.34. The second-order valence-electron chi connectivity index (χ2n) is 6.16. The third kappa shape index (κ3) is 2.95. The van der Waals surface area contributed by atoms with Crippen molar-refractivity contribution in [1.29, 1.82) is 0 Å². The number of hydrogen-bond acceptors (Lipinski definition) is 2. The topological polar surface area (TPSA) is 26.3 Å². The molecule has 1 aliphatic rings. The van der Waals surface area contributed by atoms with Gasteiger partial charge in [-0.25, -0.2) is 4.79 Å². The highest BCUT2D eigenvalue weighted by Gasteiger charge is 2.28. The SMILES string of the molecule is O=C1OC(Cc2ccccc2)C/C1=C/c1cccc2ccccc12. The van der Waals surface area contributed by atoms with E-state index < -0.39 is 0 Å². The van der Waals surface area contributed by atoms with Crippen molar-refractivity contribution in [2.75, 3.05) is 0 Å². The van der Waals surface area contributed by atoms with Crippen molar-refractivity contribution in [2.45, 2.75) is 18.9 Å². The van der Waals surface area contributed by atoms with E-state index in [1.54, 1.807) is 0 Å². The van der Waals surface area contributed by atoms with E-state index in [0.29, 0.717) is 6.42 Å². The number of hydrogen-bond donors (Lipinski definition) is 0. The maximum Gasteiger partial charge on any atom is 0.334 e. The molecule has 24 heavy (non-hydrogen) atoms. The zero-order valence-electron chi connectivity index (χ0n) is 13.3. The average Bonchev–Trinajstić information content (AvgIpc) is 2.95. The zero-order valence-corrected chi connectivity index (χ0v) is 13.3. The number of cyclic esters (lactones) is 1. The van der Waals surface area contributed by atoms with Gasteiger partial charge in [-0.1, -0.05) is 72.8 Å². The summed E-state index contributed by atoms with van der Waals surface area (Å²) in [5, 5.41) is 2.34. The van der Waals surface area contributed by atoms with Crippen molar-refractivity contribution in [2.24, 2.45) is 0 Å². The van der Waals surface area contributed by atoms with Crippen LogP contribution in [-0.2, 0) is 16.0 Å². The summed E-state index contributed by atoms with van der Waals surface area (Å²) in [6.45, 7) is 0. The zero-order chi connectivity index (χ0) is 16.4. The Morgan fingerprint density at radius 2 is 1.67 bits per heavy atom. The van der Waals surface area contributed by atoms with Gasteiger partial charge < -0.3 is 4.74 Å². The molecule has 4 rings (SSSR count). The third-order valence-corrected chi connectivity index (χ3v) is 4.44. The van der Waals surface area contributed by atoms with Gasteiger partial charge >= 0.3 is 5.97 Å². The van der Waals surface area contributed by atoms with Gasteiger partial charge in [0.05, 0.1) is 0 Å². The van der Waals surface area contributed by atoms with Gasteiger partial charge in [-0.3, -0.25) is 0 Å². The van der Waals surface area contributed by atoms with Crippen molar-refractivity contribution in [1.82, 2.24) is 0 Å². The lowest BCUT2D eigenvalue weighted by Gasteiger charge is -2.07. The molecule has 2 nitrogen and oxygen atoms in total. The van der Waals surface area contributed by atoms with Crippen molar-refractivity contribution in [3.63, 3.8) is 0 Å². The number of fused-ring (bicyclic) bond motifs is 1. The van der Waals surface area contributed by atoms with E-state index in [1.165, 1.54) is 10.9 Å². The van der Waals surface area contributed by atoms with Gasteiger partial charge in [0, 0.05) is 18.4 Å². The fourth-order valence-electron chi connectivity index (χ4n) is 3.27. The molecular weight excluding hydrogens is 296 g/mol. The smallest absolute Gasteiger partial charge is 0.334 e. The third-order valence-electron chi connectivity index (χ3n) is 4.44. The van der Waals surface area contributed by atoms with Crippen LogP contribution in [0.4, 0.5) is 0 Å². The highest BCUT2D eigenvalue weighted by atomic mass is 16.5. The predicted octanol–water partition coefficient (Wildman–Crippen LogP) is 4.78. The maximum absolute atomic E-state index is 12.2. The first-order valence-corrected chi connectivity index (χ1v) is 8.23. The number of benzene rings is 3. The lowest BCUT2D eigenvalue weighted by molar-refractivity contribution is -0.138. The molecule has 0 bridgehead atoms. The molecule has 1 fully saturated rings. The Labute approximate surface area is 141 Å². The molecule has 1 unspecified atom stereocenters. The highest BCUT2D eigenvalue weighted by molar-refractivity contribution is 5.99. The summed E-state index contributed by atoms with van der Waals surface area (Å²) >= 11 is 0. The summed E-state index contributed by atoms with van der Waals surface area (Å²) in [4.78, 5) is 12.2. The molecule has 1 aliphatic heterocycles. The van der Waals surface area contributed by atoms with Gasteiger partial charge in [-0.2, -0.15) is 0 Å². The van der Waals surface area contributed by atoms with Crippen molar-refractivity contribution in [3.05, 3.63) is 89.5 Å². The largest absolute Gasteiger partial charge is 0.458 e. The highest BCUT2D eigenvalue weighted by Crippen LogP contribution is 2.28. The Kier molecular flexibility index (Phi) is 3.87. The van der Waals surface area contributed by atoms with Gasteiger partial charge in [0.2, 0.25) is 0 Å². The molecule has 118 valence electrons. The van der Waals surface area contributed by atoms with Crippen molar-refractivity contribution in [3.8, 4) is 0 Å². The molecule has 3 aromatic carbocycles. The molecule has 1 heterocycles. The maximum atomic E-state index is 12.2. The lowest BCUT2D eigenvalue weighted by atomic mass is 9.99. The normalized spacial score (nSPS) is 18.9. The standard InChI is InChI=1S/C22H18O2/c23-22-19(15-20(24-22)13-16-7-2-1-3-8-16)14-18-11-6-10-17-9-4-5-12-21(17)18/h1-12,14,20H,13,15H2/b19-14-. The number of rotatable bonds is 3. The van der Waals surface area contributed by atoms with E-state index in [-0.39, 0.29) is 12.1 Å². The quantitative estimate of drug-likeness (QED) is 0.513. The Bertz CT molecular complexity index is 904. The van der Waals surface area contributed by atoms with Gasteiger partial charge in [-0.15, -0.1) is 0 Å². The van der Waals surface area contributed by atoms with Crippen LogP contribution in [0.2, 0.25) is 0 Å². The number of carbonyl (C=O) groups excluding carboxylic acids is 1. The Balaban J connectivity index is 1.60. The summed E-state index contributed by atoms with van der Waals surface area (Å²) in [5.41, 5.74) is 3.02. The fourth-order valence-corrected chi connectivity index (χ4v) is 3.27. The minimum atomic E-state index is -0.191. The van der Waals surface area contributed by atoms with Crippen LogP contribution >= 0.6 is 0 Å². The second-order valence-corrected chi connectivity index (χ2v) is 6.16. The first-order chi connectivity index (χ1) is 11.8. The van der Waals surface area contributed by atoms with Crippen LogP contribution in [-0.4, -0.2) is 12.1 Å². The first kappa shape index (κ1) is 14.7. The molecule has 2 heteroatoms. The van der Waals surface area contributed by atoms with E-state index >= 15 is 0 Å². The van der Waals surface area contributed by atoms with Crippen LogP contribution in [0, 0.1) is 0 Å². The summed E-state index contributed by atoms with van der Waals surface area (Å²) < 4.78 is 5.55.